The predicted molar refractivity (Wildman–Crippen MR) is 71.4 cm³/mol. The van der Waals surface area contributed by atoms with Gasteiger partial charge >= 0.3 is 6.18 Å². The van der Waals surface area contributed by atoms with Crippen molar-refractivity contribution >= 4 is 11.6 Å². The van der Waals surface area contributed by atoms with E-state index in [0.29, 0.717) is 12.1 Å². The number of aliphatic hydroxyl groups excluding tert-OH is 1. The van der Waals surface area contributed by atoms with Gasteiger partial charge in [-0.1, -0.05) is 0 Å². The van der Waals surface area contributed by atoms with Gasteiger partial charge in [0.1, 0.15) is 0 Å². The van der Waals surface area contributed by atoms with E-state index in [1.807, 2.05) is 0 Å². The summed E-state index contributed by atoms with van der Waals surface area (Å²) >= 11 is 0. The van der Waals surface area contributed by atoms with Crippen molar-refractivity contribution in [1.29, 1.82) is 0 Å². The van der Waals surface area contributed by atoms with Crippen molar-refractivity contribution in [3.05, 3.63) is 39.4 Å². The third kappa shape index (κ3) is 4.69. The minimum absolute atomic E-state index is 0.112. The number of nitrogens with zero attached hydrogens (tertiary/aromatic N) is 2. The summed E-state index contributed by atoms with van der Waals surface area (Å²) in [7, 11) is 1.34. The van der Waals surface area contributed by atoms with Gasteiger partial charge in [-0.25, -0.2) is 0 Å². The van der Waals surface area contributed by atoms with E-state index in [0.717, 1.165) is 11.0 Å². The number of nitro groups is 1. The zero-order valence-electron chi connectivity index (χ0n) is 11.9. The second kappa shape index (κ2) is 6.73. The number of rotatable bonds is 5. The Kier molecular flexibility index (Phi) is 5.48. The first-order valence-corrected chi connectivity index (χ1v) is 6.32. The molecule has 0 bridgehead atoms. The van der Waals surface area contributed by atoms with Crippen molar-refractivity contribution in [2.75, 3.05) is 13.6 Å². The molecule has 1 amide bonds. The van der Waals surface area contributed by atoms with Crippen LogP contribution in [0.5, 0.6) is 0 Å². The Labute approximate surface area is 124 Å². The van der Waals surface area contributed by atoms with Crippen LogP contribution in [0.15, 0.2) is 18.2 Å². The Morgan fingerprint density at radius 2 is 2.00 bits per heavy atom. The summed E-state index contributed by atoms with van der Waals surface area (Å²) in [6, 6.07) is 1.76. The Hall–Kier alpha value is -2.16. The molecule has 0 aromatic heterocycles. The SMILES string of the molecule is CC(O)CCN(C)C(=O)c1cc([N+](=O)[O-])cc(C(F)(F)F)c1. The molecule has 1 rings (SSSR count). The van der Waals surface area contributed by atoms with Crippen LogP contribution >= 0.6 is 0 Å². The smallest absolute Gasteiger partial charge is 0.393 e. The molecule has 0 heterocycles. The van der Waals surface area contributed by atoms with Gasteiger partial charge < -0.3 is 10.0 Å². The number of aliphatic hydroxyl groups is 1. The van der Waals surface area contributed by atoms with Gasteiger partial charge in [0, 0.05) is 31.3 Å². The number of amides is 1. The third-order valence-electron chi connectivity index (χ3n) is 2.93. The number of alkyl halides is 3. The topological polar surface area (TPSA) is 83.7 Å². The zero-order chi connectivity index (χ0) is 17.1. The van der Waals surface area contributed by atoms with E-state index in [2.05, 4.69) is 0 Å². The van der Waals surface area contributed by atoms with Crippen molar-refractivity contribution in [2.45, 2.75) is 25.6 Å². The van der Waals surface area contributed by atoms with Gasteiger partial charge in [-0.2, -0.15) is 13.2 Å². The molecule has 1 aromatic carbocycles. The number of benzene rings is 1. The minimum Gasteiger partial charge on any atom is -0.393 e. The van der Waals surface area contributed by atoms with E-state index < -0.39 is 39.9 Å². The predicted octanol–water partition coefficient (Wildman–Crippen LogP) is 2.46. The van der Waals surface area contributed by atoms with E-state index in [1.54, 1.807) is 0 Å². The monoisotopic (exact) mass is 320 g/mol. The summed E-state index contributed by atoms with van der Waals surface area (Å²) in [5.74, 6) is -0.783. The molecule has 1 atom stereocenters. The lowest BCUT2D eigenvalue weighted by Crippen LogP contribution is -2.29. The average molecular weight is 320 g/mol. The zero-order valence-corrected chi connectivity index (χ0v) is 11.9. The molecule has 0 saturated heterocycles. The summed E-state index contributed by atoms with van der Waals surface area (Å²) in [5, 5.41) is 19.9. The molecule has 0 spiro atoms. The van der Waals surface area contributed by atoms with Crippen LogP contribution < -0.4 is 0 Å². The van der Waals surface area contributed by atoms with E-state index >= 15 is 0 Å². The maximum atomic E-state index is 12.7. The first-order chi connectivity index (χ1) is 10.0. The van der Waals surface area contributed by atoms with Crippen LogP contribution in [-0.4, -0.2) is 40.5 Å². The summed E-state index contributed by atoms with van der Waals surface area (Å²) < 4.78 is 38.2. The van der Waals surface area contributed by atoms with E-state index in [9.17, 15) is 28.1 Å². The van der Waals surface area contributed by atoms with Gasteiger partial charge in [0.25, 0.3) is 11.6 Å². The van der Waals surface area contributed by atoms with Gasteiger partial charge in [-0.05, 0) is 19.4 Å². The molecule has 0 aliphatic heterocycles. The first kappa shape index (κ1) is 17.9. The van der Waals surface area contributed by atoms with E-state index in [1.165, 1.54) is 14.0 Å². The van der Waals surface area contributed by atoms with Crippen molar-refractivity contribution in [3.63, 3.8) is 0 Å². The molecule has 0 fully saturated rings. The maximum absolute atomic E-state index is 12.7. The van der Waals surface area contributed by atoms with E-state index in [-0.39, 0.29) is 13.0 Å². The Morgan fingerprint density at radius 1 is 1.41 bits per heavy atom. The molecule has 0 saturated carbocycles. The fourth-order valence-electron chi connectivity index (χ4n) is 1.71. The summed E-state index contributed by atoms with van der Waals surface area (Å²) in [6.45, 7) is 1.62. The Morgan fingerprint density at radius 3 is 2.45 bits per heavy atom. The molecule has 22 heavy (non-hydrogen) atoms. The summed E-state index contributed by atoms with van der Waals surface area (Å²) in [5.41, 5.74) is -2.48. The standard InChI is InChI=1S/C13H15F3N2O4/c1-8(19)3-4-17(2)12(20)9-5-10(13(14,15)16)7-11(6-9)18(21)22/h5-8,19H,3-4H2,1-2H3. The van der Waals surface area contributed by atoms with E-state index in [4.69, 9.17) is 5.11 Å². The highest BCUT2D eigenvalue weighted by Crippen LogP contribution is 2.32. The molecular weight excluding hydrogens is 305 g/mol. The molecule has 9 heteroatoms. The number of nitro benzene ring substituents is 1. The first-order valence-electron chi connectivity index (χ1n) is 6.32. The van der Waals surface area contributed by atoms with Crippen LogP contribution in [0.2, 0.25) is 0 Å². The number of hydrogen-bond donors (Lipinski definition) is 1. The maximum Gasteiger partial charge on any atom is 0.416 e. The number of carbonyl (C=O) groups excluding carboxylic acids is 1. The molecule has 0 radical (unpaired) electrons. The van der Waals surface area contributed by atoms with Gasteiger partial charge in [-0.15, -0.1) is 0 Å². The van der Waals surface area contributed by atoms with Crippen molar-refractivity contribution in [3.8, 4) is 0 Å². The molecule has 0 aliphatic rings. The number of halogens is 3. The quantitative estimate of drug-likeness (QED) is 0.667. The van der Waals surface area contributed by atoms with Crippen LogP contribution in [0, 0.1) is 10.1 Å². The van der Waals surface area contributed by atoms with Crippen LogP contribution in [-0.2, 0) is 6.18 Å². The largest absolute Gasteiger partial charge is 0.416 e. The second-order valence-electron chi connectivity index (χ2n) is 4.89. The van der Waals surface area contributed by atoms with Gasteiger partial charge in [0.2, 0.25) is 0 Å². The second-order valence-corrected chi connectivity index (χ2v) is 4.89. The normalized spacial score (nSPS) is 12.8. The highest BCUT2D eigenvalue weighted by molar-refractivity contribution is 5.95. The van der Waals surface area contributed by atoms with Crippen molar-refractivity contribution in [1.82, 2.24) is 4.90 Å². The van der Waals surface area contributed by atoms with Gasteiger partial charge in [0.05, 0.1) is 16.6 Å². The fourth-order valence-corrected chi connectivity index (χ4v) is 1.71. The van der Waals surface area contributed by atoms with Crippen LogP contribution in [0.25, 0.3) is 0 Å². The number of carbonyl (C=O) groups is 1. The number of non-ortho nitro benzene ring substituents is 1. The fraction of sp³-hybridized carbons (Fsp3) is 0.462. The third-order valence-corrected chi connectivity index (χ3v) is 2.93. The van der Waals surface area contributed by atoms with Crippen LogP contribution in [0.4, 0.5) is 18.9 Å². The summed E-state index contributed by atoms with van der Waals surface area (Å²) in [6.07, 6.45) is -5.23. The molecule has 6 nitrogen and oxygen atoms in total. The highest BCUT2D eigenvalue weighted by Gasteiger charge is 2.33. The molecular formula is C13H15F3N2O4. The number of hydrogen-bond acceptors (Lipinski definition) is 4. The summed E-state index contributed by atoms with van der Waals surface area (Å²) in [4.78, 5) is 22.9. The molecule has 1 N–H and O–H groups in total. The molecule has 1 aromatic rings. The molecule has 1 unspecified atom stereocenters. The lowest BCUT2D eigenvalue weighted by atomic mass is 10.1. The van der Waals surface area contributed by atoms with Crippen LogP contribution in [0.3, 0.4) is 0 Å². The van der Waals surface area contributed by atoms with Crippen molar-refractivity contribution < 1.29 is 28.0 Å². The van der Waals surface area contributed by atoms with Gasteiger partial charge in [0.15, 0.2) is 0 Å². The lowest BCUT2D eigenvalue weighted by Gasteiger charge is -2.18. The molecule has 0 aliphatic carbocycles. The Balaban J connectivity index is 3.14. The minimum atomic E-state index is -4.79. The lowest BCUT2D eigenvalue weighted by molar-refractivity contribution is -0.385. The highest BCUT2D eigenvalue weighted by atomic mass is 19.4. The molecule has 122 valence electrons. The Bertz CT molecular complexity index is 573. The van der Waals surface area contributed by atoms with Gasteiger partial charge in [-0.3, -0.25) is 14.9 Å². The van der Waals surface area contributed by atoms with Crippen LogP contribution in [0.1, 0.15) is 29.3 Å². The van der Waals surface area contributed by atoms with Crippen molar-refractivity contribution in [2.24, 2.45) is 0 Å². The average Bonchev–Trinajstić information content (AvgIpc) is 2.42.